The monoisotopic (exact) mass is 277 g/mol. The SMILES string of the molecule is COc1cc(C(F)(F)F)ccc1CCCC(N)=S. The molecule has 0 aromatic heterocycles. The van der Waals surface area contributed by atoms with Crippen LogP contribution < -0.4 is 10.5 Å². The van der Waals surface area contributed by atoms with Crippen LogP contribution in [0.25, 0.3) is 0 Å². The van der Waals surface area contributed by atoms with Crippen LogP contribution in [-0.4, -0.2) is 12.1 Å². The molecule has 0 unspecified atom stereocenters. The van der Waals surface area contributed by atoms with Crippen molar-refractivity contribution in [2.75, 3.05) is 7.11 Å². The second-order valence-electron chi connectivity index (χ2n) is 3.84. The van der Waals surface area contributed by atoms with E-state index in [1.807, 2.05) is 0 Å². The molecular formula is C12H14F3NOS. The number of methoxy groups -OCH3 is 1. The van der Waals surface area contributed by atoms with Gasteiger partial charge in [-0.2, -0.15) is 13.2 Å². The van der Waals surface area contributed by atoms with Crippen LogP contribution in [0.1, 0.15) is 24.0 Å². The summed E-state index contributed by atoms with van der Waals surface area (Å²) >= 11 is 4.74. The molecule has 0 atom stereocenters. The second-order valence-corrected chi connectivity index (χ2v) is 4.37. The maximum Gasteiger partial charge on any atom is 0.416 e. The number of thiocarbonyl (C=S) groups is 1. The molecule has 18 heavy (non-hydrogen) atoms. The fourth-order valence-electron chi connectivity index (χ4n) is 1.58. The Morgan fingerprint density at radius 1 is 1.39 bits per heavy atom. The fourth-order valence-corrected chi connectivity index (χ4v) is 1.72. The molecule has 0 aliphatic heterocycles. The minimum Gasteiger partial charge on any atom is -0.496 e. The first-order valence-corrected chi connectivity index (χ1v) is 5.78. The van der Waals surface area contributed by atoms with E-state index in [9.17, 15) is 13.2 Å². The van der Waals surface area contributed by atoms with Gasteiger partial charge in [0.25, 0.3) is 0 Å². The molecule has 0 heterocycles. The van der Waals surface area contributed by atoms with E-state index in [4.69, 9.17) is 22.7 Å². The Labute approximate surface area is 109 Å². The van der Waals surface area contributed by atoms with Gasteiger partial charge in [0.15, 0.2) is 0 Å². The Hall–Kier alpha value is -1.30. The van der Waals surface area contributed by atoms with Crippen LogP contribution in [0.3, 0.4) is 0 Å². The highest BCUT2D eigenvalue weighted by Gasteiger charge is 2.31. The topological polar surface area (TPSA) is 35.2 Å². The summed E-state index contributed by atoms with van der Waals surface area (Å²) in [6.45, 7) is 0. The first kappa shape index (κ1) is 14.8. The third-order valence-electron chi connectivity index (χ3n) is 2.48. The standard InChI is InChI=1S/C12H14F3NOS/c1-17-10-7-9(12(13,14)15)6-5-8(10)3-2-4-11(16)18/h5-7H,2-4H2,1H3,(H2,16,18). The number of ether oxygens (including phenoxy) is 1. The summed E-state index contributed by atoms with van der Waals surface area (Å²) in [6.07, 6.45) is -2.51. The highest BCUT2D eigenvalue weighted by Crippen LogP contribution is 2.33. The van der Waals surface area contributed by atoms with Gasteiger partial charge in [-0.3, -0.25) is 0 Å². The van der Waals surface area contributed by atoms with E-state index >= 15 is 0 Å². The number of rotatable bonds is 5. The summed E-state index contributed by atoms with van der Waals surface area (Å²) in [5, 5.41) is 0. The average molecular weight is 277 g/mol. The molecule has 100 valence electrons. The van der Waals surface area contributed by atoms with Crippen molar-refractivity contribution in [3.63, 3.8) is 0 Å². The zero-order chi connectivity index (χ0) is 13.8. The summed E-state index contributed by atoms with van der Waals surface area (Å²) in [6, 6.07) is 3.50. The Bertz CT molecular complexity index is 432. The lowest BCUT2D eigenvalue weighted by Gasteiger charge is -2.12. The molecule has 1 aromatic rings. The van der Waals surface area contributed by atoms with E-state index in [-0.39, 0.29) is 5.75 Å². The Morgan fingerprint density at radius 2 is 2.06 bits per heavy atom. The van der Waals surface area contributed by atoms with Crippen molar-refractivity contribution in [2.24, 2.45) is 5.73 Å². The van der Waals surface area contributed by atoms with Crippen molar-refractivity contribution in [1.29, 1.82) is 0 Å². The largest absolute Gasteiger partial charge is 0.496 e. The molecule has 0 fully saturated rings. The Balaban J connectivity index is 2.84. The van der Waals surface area contributed by atoms with E-state index in [0.717, 1.165) is 17.7 Å². The number of benzene rings is 1. The van der Waals surface area contributed by atoms with E-state index in [0.29, 0.717) is 24.3 Å². The van der Waals surface area contributed by atoms with Crippen LogP contribution in [0.2, 0.25) is 0 Å². The lowest BCUT2D eigenvalue weighted by atomic mass is 10.0. The molecule has 0 radical (unpaired) electrons. The molecule has 0 saturated carbocycles. The average Bonchev–Trinajstić information content (AvgIpc) is 2.27. The van der Waals surface area contributed by atoms with Crippen LogP contribution in [-0.2, 0) is 12.6 Å². The number of hydrogen-bond donors (Lipinski definition) is 1. The summed E-state index contributed by atoms with van der Waals surface area (Å²) in [4.78, 5) is 0.404. The molecule has 0 amide bonds. The Kier molecular flexibility index (Phi) is 4.95. The first-order valence-electron chi connectivity index (χ1n) is 5.37. The highest BCUT2D eigenvalue weighted by molar-refractivity contribution is 7.80. The van der Waals surface area contributed by atoms with Gasteiger partial charge in [-0.25, -0.2) is 0 Å². The predicted octanol–water partition coefficient (Wildman–Crippen LogP) is 3.32. The molecule has 0 aliphatic carbocycles. The number of alkyl halides is 3. The minimum atomic E-state index is -4.36. The maximum absolute atomic E-state index is 12.5. The quantitative estimate of drug-likeness (QED) is 0.839. The van der Waals surface area contributed by atoms with Crippen LogP contribution in [0.15, 0.2) is 18.2 Å². The van der Waals surface area contributed by atoms with Gasteiger partial charge >= 0.3 is 6.18 Å². The number of nitrogens with two attached hydrogens (primary N) is 1. The zero-order valence-corrected chi connectivity index (χ0v) is 10.7. The van der Waals surface area contributed by atoms with Gasteiger partial charge in [-0.1, -0.05) is 18.3 Å². The predicted molar refractivity (Wildman–Crippen MR) is 67.7 cm³/mol. The molecule has 0 aliphatic rings. The lowest BCUT2D eigenvalue weighted by molar-refractivity contribution is -0.137. The number of hydrogen-bond acceptors (Lipinski definition) is 2. The molecular weight excluding hydrogens is 263 g/mol. The normalized spacial score (nSPS) is 11.3. The van der Waals surface area contributed by atoms with Gasteiger partial charge in [-0.05, 0) is 37.0 Å². The van der Waals surface area contributed by atoms with Crippen LogP contribution in [0.4, 0.5) is 13.2 Å². The fraction of sp³-hybridized carbons (Fsp3) is 0.417. The van der Waals surface area contributed by atoms with E-state index in [1.54, 1.807) is 0 Å². The van der Waals surface area contributed by atoms with Gasteiger partial charge < -0.3 is 10.5 Å². The molecule has 2 N–H and O–H groups in total. The van der Waals surface area contributed by atoms with Crippen molar-refractivity contribution < 1.29 is 17.9 Å². The second kappa shape index (κ2) is 6.04. The molecule has 6 heteroatoms. The third kappa shape index (κ3) is 4.18. The third-order valence-corrected chi connectivity index (χ3v) is 2.69. The molecule has 1 aromatic carbocycles. The van der Waals surface area contributed by atoms with Crippen LogP contribution in [0.5, 0.6) is 5.75 Å². The smallest absolute Gasteiger partial charge is 0.416 e. The Morgan fingerprint density at radius 3 is 2.56 bits per heavy atom. The van der Waals surface area contributed by atoms with E-state index in [2.05, 4.69) is 0 Å². The minimum absolute atomic E-state index is 0.243. The summed E-state index contributed by atoms with van der Waals surface area (Å²) < 4.78 is 42.5. The van der Waals surface area contributed by atoms with Gasteiger partial charge in [0.05, 0.1) is 17.7 Å². The zero-order valence-electron chi connectivity index (χ0n) is 9.88. The van der Waals surface area contributed by atoms with Gasteiger partial charge in [0, 0.05) is 0 Å². The molecule has 0 saturated heterocycles. The van der Waals surface area contributed by atoms with Gasteiger partial charge in [0.2, 0.25) is 0 Å². The highest BCUT2D eigenvalue weighted by atomic mass is 32.1. The lowest BCUT2D eigenvalue weighted by Crippen LogP contribution is -2.08. The maximum atomic E-state index is 12.5. The van der Waals surface area contributed by atoms with E-state index in [1.165, 1.54) is 13.2 Å². The van der Waals surface area contributed by atoms with E-state index < -0.39 is 11.7 Å². The number of halogens is 3. The van der Waals surface area contributed by atoms with Crippen molar-refractivity contribution in [3.8, 4) is 5.75 Å². The van der Waals surface area contributed by atoms with Crippen molar-refractivity contribution >= 4 is 17.2 Å². The summed E-state index contributed by atoms with van der Waals surface area (Å²) in [5.74, 6) is 0.243. The summed E-state index contributed by atoms with van der Waals surface area (Å²) in [5.41, 5.74) is 5.37. The van der Waals surface area contributed by atoms with Crippen LogP contribution >= 0.6 is 12.2 Å². The number of aryl methyl sites for hydroxylation is 1. The molecule has 1 rings (SSSR count). The molecule has 0 spiro atoms. The van der Waals surface area contributed by atoms with Gasteiger partial charge in [-0.15, -0.1) is 0 Å². The van der Waals surface area contributed by atoms with Crippen molar-refractivity contribution in [2.45, 2.75) is 25.4 Å². The van der Waals surface area contributed by atoms with Crippen molar-refractivity contribution in [1.82, 2.24) is 0 Å². The molecule has 2 nitrogen and oxygen atoms in total. The van der Waals surface area contributed by atoms with Crippen molar-refractivity contribution in [3.05, 3.63) is 29.3 Å². The van der Waals surface area contributed by atoms with Crippen LogP contribution in [0, 0.1) is 0 Å². The van der Waals surface area contributed by atoms with Gasteiger partial charge in [0.1, 0.15) is 5.75 Å². The summed E-state index contributed by atoms with van der Waals surface area (Å²) in [7, 11) is 1.35. The first-order chi connectivity index (χ1) is 8.34. The molecule has 0 bridgehead atoms.